The topological polar surface area (TPSA) is 116 Å². The van der Waals surface area contributed by atoms with Crippen LogP contribution in [0.15, 0.2) is 62.6 Å². The third kappa shape index (κ3) is 3.65. The van der Waals surface area contributed by atoms with Crippen LogP contribution in [0.2, 0.25) is 0 Å². The Labute approximate surface area is 187 Å². The molecule has 0 bridgehead atoms. The van der Waals surface area contributed by atoms with Crippen molar-refractivity contribution >= 4 is 5.91 Å². The van der Waals surface area contributed by atoms with Gasteiger partial charge in [0, 0.05) is 20.1 Å². The van der Waals surface area contributed by atoms with Crippen molar-refractivity contribution in [3.63, 3.8) is 0 Å². The van der Waals surface area contributed by atoms with E-state index in [1.54, 1.807) is 17.0 Å². The van der Waals surface area contributed by atoms with Crippen LogP contribution >= 0.6 is 0 Å². The van der Waals surface area contributed by atoms with Gasteiger partial charge >= 0.3 is 17.5 Å². The van der Waals surface area contributed by atoms with Gasteiger partial charge in [-0.15, -0.1) is 0 Å². The molecule has 166 valence electrons. The molecule has 33 heavy (non-hydrogen) atoms. The number of carbonyl (C=O) groups excluding carboxylic acids is 1. The number of aryl methyl sites for hydroxylation is 1. The highest BCUT2D eigenvalue weighted by molar-refractivity contribution is 5.90. The van der Waals surface area contributed by atoms with Gasteiger partial charge in [-0.3, -0.25) is 14.2 Å². The Morgan fingerprint density at radius 1 is 1.03 bits per heavy atom. The van der Waals surface area contributed by atoms with Gasteiger partial charge in [0.1, 0.15) is 0 Å². The Hall–Kier alpha value is -4.34. The van der Waals surface area contributed by atoms with Crippen LogP contribution in [-0.4, -0.2) is 41.8 Å². The minimum atomic E-state index is -0.685. The number of nitrogens with zero attached hydrogens (tertiary/aromatic N) is 6. The van der Waals surface area contributed by atoms with E-state index in [0.717, 1.165) is 26.8 Å². The number of hydrogen-bond donors (Lipinski definition) is 0. The van der Waals surface area contributed by atoms with E-state index < -0.39 is 17.2 Å². The molecule has 2 aromatic carbocycles. The minimum Gasteiger partial charge on any atom is -0.330 e. The summed E-state index contributed by atoms with van der Waals surface area (Å²) in [6.45, 7) is 2.88. The van der Waals surface area contributed by atoms with E-state index in [1.807, 2.05) is 43.3 Å². The normalized spacial score (nSPS) is 13.1. The van der Waals surface area contributed by atoms with Gasteiger partial charge in [0.2, 0.25) is 5.82 Å². The fraction of sp³-hybridized carbons (Fsp3) is 0.217. The van der Waals surface area contributed by atoms with Gasteiger partial charge < -0.3 is 9.42 Å². The number of aromatic nitrogens is 5. The molecule has 10 nitrogen and oxygen atoms in total. The van der Waals surface area contributed by atoms with Crippen LogP contribution in [0.4, 0.5) is 0 Å². The van der Waals surface area contributed by atoms with Crippen LogP contribution in [0.3, 0.4) is 0 Å². The second kappa shape index (κ2) is 7.97. The molecule has 1 aliphatic heterocycles. The summed E-state index contributed by atoms with van der Waals surface area (Å²) in [5.41, 5.74) is 2.28. The van der Waals surface area contributed by atoms with Gasteiger partial charge in [0.15, 0.2) is 5.69 Å². The van der Waals surface area contributed by atoms with Gasteiger partial charge in [-0.1, -0.05) is 47.1 Å². The predicted molar refractivity (Wildman–Crippen MR) is 118 cm³/mol. The molecular weight excluding hydrogens is 424 g/mol. The average Bonchev–Trinajstić information content (AvgIpc) is 3.33. The van der Waals surface area contributed by atoms with Crippen LogP contribution in [0, 0.1) is 6.92 Å². The molecule has 0 radical (unpaired) electrons. The number of hydrogen-bond acceptors (Lipinski definition) is 7. The Balaban J connectivity index is 1.49. The molecule has 5 rings (SSSR count). The Morgan fingerprint density at radius 3 is 2.52 bits per heavy atom. The first-order valence-electron chi connectivity index (χ1n) is 10.4. The van der Waals surface area contributed by atoms with E-state index >= 15 is 0 Å². The lowest BCUT2D eigenvalue weighted by Gasteiger charge is -2.27. The summed E-state index contributed by atoms with van der Waals surface area (Å²) in [7, 11) is 1.35. The first-order valence-corrected chi connectivity index (χ1v) is 10.4. The molecule has 10 heteroatoms. The Morgan fingerprint density at radius 2 is 1.76 bits per heavy atom. The van der Waals surface area contributed by atoms with Crippen molar-refractivity contribution in [2.24, 2.45) is 7.05 Å². The summed E-state index contributed by atoms with van der Waals surface area (Å²) in [6.07, 6.45) is 0.729. The molecule has 1 amide bonds. The maximum atomic E-state index is 13.0. The summed E-state index contributed by atoms with van der Waals surface area (Å²) in [5, 5.41) is 7.98. The highest BCUT2D eigenvalue weighted by Crippen LogP contribution is 2.20. The largest absolute Gasteiger partial charge is 0.351 e. The highest BCUT2D eigenvalue weighted by Gasteiger charge is 2.27. The zero-order valence-corrected chi connectivity index (χ0v) is 18.1. The second-order valence-corrected chi connectivity index (χ2v) is 7.91. The lowest BCUT2D eigenvalue weighted by Crippen LogP contribution is -2.40. The van der Waals surface area contributed by atoms with E-state index in [9.17, 15) is 14.4 Å². The number of rotatable bonds is 3. The fourth-order valence-electron chi connectivity index (χ4n) is 3.78. The van der Waals surface area contributed by atoms with Gasteiger partial charge in [-0.25, -0.2) is 4.79 Å². The highest BCUT2D eigenvalue weighted by atomic mass is 16.5. The maximum Gasteiger partial charge on any atom is 0.351 e. The number of amides is 1. The maximum absolute atomic E-state index is 13.0. The van der Waals surface area contributed by atoms with Crippen molar-refractivity contribution in [1.82, 2.24) is 29.4 Å². The molecule has 0 spiro atoms. The predicted octanol–water partition coefficient (Wildman–Crippen LogP) is 1.49. The molecule has 4 aromatic rings. The van der Waals surface area contributed by atoms with Gasteiger partial charge in [0.05, 0.1) is 5.69 Å². The van der Waals surface area contributed by atoms with Crippen molar-refractivity contribution in [2.45, 2.75) is 19.9 Å². The molecular formula is C23H20N6O4. The monoisotopic (exact) mass is 444 g/mol. The van der Waals surface area contributed by atoms with E-state index in [4.69, 9.17) is 4.52 Å². The van der Waals surface area contributed by atoms with E-state index in [0.29, 0.717) is 18.8 Å². The van der Waals surface area contributed by atoms with Crippen LogP contribution in [0.1, 0.15) is 27.4 Å². The third-order valence-corrected chi connectivity index (χ3v) is 5.69. The van der Waals surface area contributed by atoms with Gasteiger partial charge in [-0.2, -0.15) is 14.8 Å². The van der Waals surface area contributed by atoms with Crippen LogP contribution in [0.5, 0.6) is 0 Å². The van der Waals surface area contributed by atoms with Crippen LogP contribution < -0.4 is 11.2 Å². The molecule has 3 heterocycles. The molecule has 2 aromatic heterocycles. The smallest absolute Gasteiger partial charge is 0.330 e. The number of benzene rings is 2. The lowest BCUT2D eigenvalue weighted by molar-refractivity contribution is 0.0684. The zero-order chi connectivity index (χ0) is 23.1. The first-order chi connectivity index (χ1) is 15.9. The second-order valence-electron chi connectivity index (χ2n) is 7.91. The Bertz CT molecular complexity index is 1480. The van der Waals surface area contributed by atoms with Crippen molar-refractivity contribution in [3.8, 4) is 17.2 Å². The van der Waals surface area contributed by atoms with Gasteiger partial charge in [-0.05, 0) is 36.6 Å². The standard InChI is InChI=1S/C23H20N6O4/c1-14-7-9-17(10-8-14)29-23(32)27(2)21(30)18(25-29)19-24-20(33-26-19)22(31)28-12-11-15-5-3-4-6-16(15)13-28/h3-10H,11-13H2,1-2H3. The number of carbonyl (C=O) groups is 1. The first kappa shape index (κ1) is 20.6. The summed E-state index contributed by atoms with van der Waals surface area (Å²) in [4.78, 5) is 44.0. The number of fused-ring (bicyclic) bond motifs is 1. The summed E-state index contributed by atoms with van der Waals surface area (Å²) < 4.78 is 7.19. The van der Waals surface area contributed by atoms with Crippen LogP contribution in [-0.2, 0) is 20.0 Å². The lowest BCUT2D eigenvalue weighted by atomic mass is 10.00. The van der Waals surface area contributed by atoms with Gasteiger partial charge in [0.25, 0.3) is 5.56 Å². The van der Waals surface area contributed by atoms with Crippen molar-refractivity contribution in [2.75, 3.05) is 6.54 Å². The molecule has 0 saturated heterocycles. The van der Waals surface area contributed by atoms with Crippen molar-refractivity contribution in [3.05, 3.63) is 92.0 Å². The molecule has 0 aliphatic carbocycles. The summed E-state index contributed by atoms with van der Waals surface area (Å²) in [5.74, 6) is -0.814. The Kier molecular flexibility index (Phi) is 4.97. The summed E-state index contributed by atoms with van der Waals surface area (Å²) >= 11 is 0. The molecule has 0 unspecified atom stereocenters. The molecule has 0 saturated carbocycles. The molecule has 0 atom stereocenters. The fourth-order valence-corrected chi connectivity index (χ4v) is 3.78. The minimum absolute atomic E-state index is 0.155. The van der Waals surface area contributed by atoms with E-state index in [-0.39, 0.29) is 17.4 Å². The van der Waals surface area contributed by atoms with E-state index in [2.05, 4.69) is 15.2 Å². The average molecular weight is 444 g/mol. The zero-order valence-electron chi connectivity index (χ0n) is 18.1. The van der Waals surface area contributed by atoms with Crippen molar-refractivity contribution in [1.29, 1.82) is 0 Å². The SMILES string of the molecule is Cc1ccc(-n2nc(-c3noc(C(=O)N4CCc5ccccc5C4)n3)c(=O)n(C)c2=O)cc1. The van der Waals surface area contributed by atoms with Crippen LogP contribution in [0.25, 0.3) is 17.2 Å². The molecule has 0 N–H and O–H groups in total. The third-order valence-electron chi connectivity index (χ3n) is 5.69. The van der Waals surface area contributed by atoms with E-state index in [1.165, 1.54) is 12.6 Å². The quantitative estimate of drug-likeness (QED) is 0.470. The molecule has 1 aliphatic rings. The summed E-state index contributed by atoms with van der Waals surface area (Å²) in [6, 6.07) is 15.0. The van der Waals surface area contributed by atoms with Crippen molar-refractivity contribution < 1.29 is 9.32 Å². The molecule has 0 fully saturated rings.